The van der Waals surface area contributed by atoms with Crippen LogP contribution >= 0.6 is 0 Å². The Morgan fingerprint density at radius 3 is 0.919 bits per heavy atom. The van der Waals surface area contributed by atoms with Crippen molar-refractivity contribution < 1.29 is 57.1 Å². The van der Waals surface area contributed by atoms with Crippen LogP contribution in [0, 0.1) is 0 Å². The molecule has 7 aromatic carbocycles. The Morgan fingerprint density at radius 1 is 0.290 bits per heavy atom. The van der Waals surface area contributed by atoms with Gasteiger partial charge in [0.2, 0.25) is 0 Å². The molecule has 12 nitrogen and oxygen atoms in total. The first-order valence-electron chi connectivity index (χ1n) is 19.0. The van der Waals surface area contributed by atoms with E-state index in [-0.39, 0.29) is 45.3 Å². The third-order valence-corrected chi connectivity index (χ3v) is 9.51. The maximum atomic E-state index is 13.3. The highest BCUT2D eigenvalue weighted by Crippen LogP contribution is 2.32. The van der Waals surface area contributed by atoms with Crippen molar-refractivity contribution in [1.29, 1.82) is 0 Å². The standard InChI is InChI=1S/C50H38O12/c1-55-39-18-8-31(9-19-39)33-12-22-41(23-13-33)59-47(51)37-16-26-43(45(29-37)57-3)61-49(53)35-6-5-7-36(28-35)50(54)62-44-27-17-38(30-46(44)58-4)48(52)60-42-24-14-34(15-25-42)32-10-20-40(56-2)21-11-32/h5-30H,1-4H3. The van der Waals surface area contributed by atoms with Crippen molar-refractivity contribution in [2.75, 3.05) is 28.4 Å². The molecule has 0 atom stereocenters. The van der Waals surface area contributed by atoms with E-state index >= 15 is 0 Å². The zero-order valence-corrected chi connectivity index (χ0v) is 33.9. The number of hydrogen-bond donors (Lipinski definition) is 0. The predicted octanol–water partition coefficient (Wildman–Crippen LogP) is 9.93. The minimum absolute atomic E-state index is 0.0276. The van der Waals surface area contributed by atoms with E-state index in [4.69, 9.17) is 37.9 Å². The van der Waals surface area contributed by atoms with Gasteiger partial charge in [-0.05, 0) is 125 Å². The van der Waals surface area contributed by atoms with Crippen molar-refractivity contribution in [1.82, 2.24) is 0 Å². The highest BCUT2D eigenvalue weighted by molar-refractivity contribution is 5.98. The molecule has 0 radical (unpaired) electrons. The topological polar surface area (TPSA) is 142 Å². The summed E-state index contributed by atoms with van der Waals surface area (Å²) in [6.07, 6.45) is 0. The largest absolute Gasteiger partial charge is 0.497 e. The van der Waals surface area contributed by atoms with Crippen LogP contribution in [-0.2, 0) is 0 Å². The lowest BCUT2D eigenvalue weighted by atomic mass is 10.1. The molecule has 62 heavy (non-hydrogen) atoms. The maximum Gasteiger partial charge on any atom is 0.343 e. The molecular weight excluding hydrogens is 793 g/mol. The third-order valence-electron chi connectivity index (χ3n) is 9.51. The SMILES string of the molecule is COc1ccc(-c2ccc(OC(=O)c3ccc(OC(=O)c4cccc(C(=O)Oc5ccc(C(=O)Oc6ccc(-c7ccc(OC)cc7)cc6)cc5OC)c4)c(OC)c3)cc2)cc1. The Kier molecular flexibility index (Phi) is 12.9. The molecule has 0 spiro atoms. The van der Waals surface area contributed by atoms with E-state index in [0.29, 0.717) is 11.5 Å². The van der Waals surface area contributed by atoms with Crippen molar-refractivity contribution in [2.24, 2.45) is 0 Å². The minimum Gasteiger partial charge on any atom is -0.497 e. The third kappa shape index (κ3) is 9.89. The average molecular weight is 831 g/mol. The molecule has 0 heterocycles. The quantitative estimate of drug-likeness (QED) is 0.0761. The van der Waals surface area contributed by atoms with E-state index in [1.54, 1.807) is 38.5 Å². The number of rotatable bonds is 14. The van der Waals surface area contributed by atoms with Gasteiger partial charge in [-0.15, -0.1) is 0 Å². The summed E-state index contributed by atoms with van der Waals surface area (Å²) in [6, 6.07) is 43.5. The van der Waals surface area contributed by atoms with Gasteiger partial charge in [-0.2, -0.15) is 0 Å². The van der Waals surface area contributed by atoms with Crippen molar-refractivity contribution in [3.05, 3.63) is 180 Å². The van der Waals surface area contributed by atoms with Crippen LogP contribution in [-0.4, -0.2) is 52.3 Å². The fourth-order valence-corrected chi connectivity index (χ4v) is 6.18. The van der Waals surface area contributed by atoms with Gasteiger partial charge in [0.05, 0.1) is 50.7 Å². The highest BCUT2D eigenvalue weighted by Gasteiger charge is 2.20. The minimum atomic E-state index is -0.805. The fourth-order valence-electron chi connectivity index (χ4n) is 6.18. The Labute approximate surface area is 356 Å². The lowest BCUT2D eigenvalue weighted by Crippen LogP contribution is -2.14. The summed E-state index contributed by atoms with van der Waals surface area (Å²) >= 11 is 0. The van der Waals surface area contributed by atoms with E-state index in [2.05, 4.69) is 0 Å². The number of methoxy groups -OCH3 is 4. The zero-order valence-electron chi connectivity index (χ0n) is 33.9. The van der Waals surface area contributed by atoms with Gasteiger partial charge in [0.1, 0.15) is 23.0 Å². The van der Waals surface area contributed by atoms with Crippen LogP contribution in [0.4, 0.5) is 0 Å². The van der Waals surface area contributed by atoms with Crippen molar-refractivity contribution in [3.63, 3.8) is 0 Å². The smallest absolute Gasteiger partial charge is 0.343 e. The number of carbonyl (C=O) groups is 4. The molecule has 0 saturated carbocycles. The van der Waals surface area contributed by atoms with Gasteiger partial charge in [-0.1, -0.05) is 54.6 Å². The molecule has 7 rings (SSSR count). The summed E-state index contributed by atoms with van der Waals surface area (Å²) in [4.78, 5) is 52.6. The van der Waals surface area contributed by atoms with Gasteiger partial charge >= 0.3 is 23.9 Å². The molecule has 0 N–H and O–H groups in total. The number of benzene rings is 7. The summed E-state index contributed by atoms with van der Waals surface area (Å²) in [6.45, 7) is 0. The summed E-state index contributed by atoms with van der Waals surface area (Å²) < 4.78 is 43.6. The van der Waals surface area contributed by atoms with Gasteiger partial charge in [0.25, 0.3) is 0 Å². The second-order valence-electron chi connectivity index (χ2n) is 13.4. The van der Waals surface area contributed by atoms with Crippen LogP contribution in [0.25, 0.3) is 22.3 Å². The molecule has 0 aliphatic rings. The van der Waals surface area contributed by atoms with Crippen LogP contribution in [0.3, 0.4) is 0 Å². The van der Waals surface area contributed by atoms with Gasteiger partial charge in [0.15, 0.2) is 23.0 Å². The Hall–Kier alpha value is -8.38. The molecule has 7 aromatic rings. The lowest BCUT2D eigenvalue weighted by molar-refractivity contribution is 0.0720. The Bertz CT molecular complexity index is 2540. The zero-order chi connectivity index (χ0) is 43.6. The van der Waals surface area contributed by atoms with Crippen molar-refractivity contribution >= 4 is 23.9 Å². The van der Waals surface area contributed by atoms with Crippen LogP contribution in [0.15, 0.2) is 158 Å². The van der Waals surface area contributed by atoms with Crippen LogP contribution in [0.2, 0.25) is 0 Å². The van der Waals surface area contributed by atoms with E-state index in [0.717, 1.165) is 33.8 Å². The van der Waals surface area contributed by atoms with Crippen LogP contribution < -0.4 is 37.9 Å². The highest BCUT2D eigenvalue weighted by atomic mass is 16.6. The molecule has 0 aliphatic carbocycles. The van der Waals surface area contributed by atoms with Gasteiger partial charge in [-0.3, -0.25) is 0 Å². The summed E-state index contributed by atoms with van der Waals surface area (Å²) in [5, 5.41) is 0. The average Bonchev–Trinajstić information content (AvgIpc) is 3.32. The molecule has 0 aliphatic heterocycles. The first-order chi connectivity index (χ1) is 30.1. The van der Waals surface area contributed by atoms with Gasteiger partial charge in [0, 0.05) is 0 Å². The number of hydrogen-bond acceptors (Lipinski definition) is 12. The maximum absolute atomic E-state index is 13.3. The predicted molar refractivity (Wildman–Crippen MR) is 229 cm³/mol. The van der Waals surface area contributed by atoms with Crippen molar-refractivity contribution in [2.45, 2.75) is 0 Å². The van der Waals surface area contributed by atoms with E-state index in [9.17, 15) is 19.2 Å². The number of carbonyl (C=O) groups excluding carboxylic acids is 4. The van der Waals surface area contributed by atoms with Gasteiger partial charge < -0.3 is 37.9 Å². The monoisotopic (exact) mass is 830 g/mol. The van der Waals surface area contributed by atoms with Crippen molar-refractivity contribution in [3.8, 4) is 68.2 Å². The fraction of sp³-hybridized carbons (Fsp3) is 0.0800. The Balaban J connectivity index is 0.956. The molecule has 0 amide bonds. The Morgan fingerprint density at radius 2 is 0.597 bits per heavy atom. The molecular formula is C50H38O12. The first-order valence-corrected chi connectivity index (χ1v) is 19.0. The number of ether oxygens (including phenoxy) is 8. The lowest BCUT2D eigenvalue weighted by Gasteiger charge is -2.12. The summed E-state index contributed by atoms with van der Waals surface area (Å²) in [5.41, 5.74) is 4.18. The van der Waals surface area contributed by atoms with Crippen LogP contribution in [0.5, 0.6) is 46.0 Å². The molecule has 0 bridgehead atoms. The molecule has 12 heteroatoms. The second kappa shape index (κ2) is 19.1. The molecule has 0 saturated heterocycles. The normalized spacial score (nSPS) is 10.5. The molecule has 0 fully saturated rings. The summed E-state index contributed by atoms with van der Waals surface area (Å²) in [7, 11) is 5.94. The first kappa shape index (κ1) is 41.8. The molecule has 0 unspecified atom stereocenters. The number of esters is 4. The molecule has 310 valence electrons. The van der Waals surface area contributed by atoms with E-state index < -0.39 is 23.9 Å². The second-order valence-corrected chi connectivity index (χ2v) is 13.4. The van der Waals surface area contributed by atoms with E-state index in [1.165, 1.54) is 74.9 Å². The van der Waals surface area contributed by atoms with Crippen LogP contribution in [0.1, 0.15) is 41.4 Å². The molecule has 0 aromatic heterocycles. The van der Waals surface area contributed by atoms with Gasteiger partial charge in [-0.25, -0.2) is 19.2 Å². The summed E-state index contributed by atoms with van der Waals surface area (Å²) in [5.74, 6) is -0.496. The van der Waals surface area contributed by atoms with E-state index in [1.807, 2.05) is 72.8 Å².